The first-order chi connectivity index (χ1) is 13.3. The standard InChI is InChI=1S/C19H24N4O4S/c1-21(2)28(25,26)17-14-15(7-8-16(17)27-3)19(24)23-12-10-22(11-13-23)18-6-4-5-9-20-18/h4-9,14H,10-13H2,1-3H3. The molecule has 2 aromatic rings. The van der Waals surface area contributed by atoms with Crippen LogP contribution in [0.1, 0.15) is 10.4 Å². The third kappa shape index (κ3) is 3.95. The number of hydrogen-bond donors (Lipinski definition) is 0. The number of carbonyl (C=O) groups is 1. The zero-order valence-electron chi connectivity index (χ0n) is 16.2. The first-order valence-corrected chi connectivity index (χ1v) is 10.3. The number of carbonyl (C=O) groups excluding carboxylic acids is 1. The highest BCUT2D eigenvalue weighted by molar-refractivity contribution is 7.89. The maximum Gasteiger partial charge on any atom is 0.254 e. The molecule has 0 bridgehead atoms. The molecule has 1 aliphatic rings. The van der Waals surface area contributed by atoms with E-state index in [0.29, 0.717) is 31.7 Å². The summed E-state index contributed by atoms with van der Waals surface area (Å²) in [6.45, 7) is 2.41. The summed E-state index contributed by atoms with van der Waals surface area (Å²) >= 11 is 0. The average molecular weight is 404 g/mol. The van der Waals surface area contributed by atoms with E-state index in [4.69, 9.17) is 4.74 Å². The van der Waals surface area contributed by atoms with Gasteiger partial charge in [0.15, 0.2) is 0 Å². The third-order valence-electron chi connectivity index (χ3n) is 4.71. The molecule has 8 nitrogen and oxygen atoms in total. The Morgan fingerprint density at radius 1 is 1.11 bits per heavy atom. The highest BCUT2D eigenvalue weighted by atomic mass is 32.2. The molecule has 3 rings (SSSR count). The van der Waals surface area contributed by atoms with Crippen LogP contribution in [0, 0.1) is 0 Å². The number of hydrogen-bond acceptors (Lipinski definition) is 6. The molecular formula is C19H24N4O4S. The van der Waals surface area contributed by atoms with Crippen LogP contribution in [0.4, 0.5) is 5.82 Å². The molecular weight excluding hydrogens is 380 g/mol. The van der Waals surface area contributed by atoms with Gasteiger partial charge in [-0.2, -0.15) is 0 Å². The first-order valence-electron chi connectivity index (χ1n) is 8.90. The van der Waals surface area contributed by atoms with Crippen molar-refractivity contribution in [3.8, 4) is 5.75 Å². The molecule has 1 aromatic heterocycles. The van der Waals surface area contributed by atoms with Gasteiger partial charge in [0.2, 0.25) is 10.0 Å². The van der Waals surface area contributed by atoms with Gasteiger partial charge in [-0.25, -0.2) is 17.7 Å². The third-order valence-corrected chi connectivity index (χ3v) is 6.55. The van der Waals surface area contributed by atoms with Crippen LogP contribution in [0.25, 0.3) is 0 Å². The Hall–Kier alpha value is -2.65. The summed E-state index contributed by atoms with van der Waals surface area (Å²) in [7, 11) is 0.564. The Kier molecular flexibility index (Phi) is 5.85. The smallest absolute Gasteiger partial charge is 0.254 e. The van der Waals surface area contributed by atoms with E-state index < -0.39 is 10.0 Å². The van der Waals surface area contributed by atoms with Crippen LogP contribution in [-0.2, 0) is 10.0 Å². The minimum absolute atomic E-state index is 0.0158. The molecule has 2 heterocycles. The molecule has 0 aliphatic carbocycles. The van der Waals surface area contributed by atoms with Gasteiger partial charge in [-0.3, -0.25) is 4.79 Å². The van der Waals surface area contributed by atoms with Crippen LogP contribution in [0.2, 0.25) is 0 Å². The number of piperazine rings is 1. The summed E-state index contributed by atoms with van der Waals surface area (Å²) in [6.07, 6.45) is 1.75. The molecule has 1 amide bonds. The fraction of sp³-hybridized carbons (Fsp3) is 0.368. The van der Waals surface area contributed by atoms with Gasteiger partial charge < -0.3 is 14.5 Å². The normalized spacial score (nSPS) is 15.0. The molecule has 0 atom stereocenters. The predicted octanol–water partition coefficient (Wildman–Crippen LogP) is 1.30. The highest BCUT2D eigenvalue weighted by Crippen LogP contribution is 2.27. The maximum absolute atomic E-state index is 12.9. The Morgan fingerprint density at radius 3 is 2.39 bits per heavy atom. The van der Waals surface area contributed by atoms with Crippen LogP contribution >= 0.6 is 0 Å². The van der Waals surface area contributed by atoms with Gasteiger partial charge in [-0.05, 0) is 30.3 Å². The number of pyridine rings is 1. The summed E-state index contributed by atoms with van der Waals surface area (Å²) in [4.78, 5) is 21.1. The molecule has 1 fully saturated rings. The molecule has 0 unspecified atom stereocenters. The van der Waals surface area contributed by atoms with E-state index in [1.807, 2.05) is 18.2 Å². The fourth-order valence-electron chi connectivity index (χ4n) is 3.07. The van der Waals surface area contributed by atoms with E-state index in [2.05, 4.69) is 9.88 Å². The number of aromatic nitrogens is 1. The number of rotatable bonds is 5. The zero-order valence-corrected chi connectivity index (χ0v) is 17.0. The Morgan fingerprint density at radius 2 is 1.82 bits per heavy atom. The lowest BCUT2D eigenvalue weighted by Crippen LogP contribution is -2.49. The van der Waals surface area contributed by atoms with Gasteiger partial charge in [-0.1, -0.05) is 6.07 Å². The summed E-state index contributed by atoms with van der Waals surface area (Å²) in [5.74, 6) is 0.905. The summed E-state index contributed by atoms with van der Waals surface area (Å²) in [6, 6.07) is 10.3. The van der Waals surface area contributed by atoms with Crippen molar-refractivity contribution in [2.45, 2.75) is 4.90 Å². The van der Waals surface area contributed by atoms with Crippen molar-refractivity contribution in [1.29, 1.82) is 0 Å². The molecule has 1 aromatic carbocycles. The summed E-state index contributed by atoms with van der Waals surface area (Å²) < 4.78 is 31.4. The number of anilines is 1. The lowest BCUT2D eigenvalue weighted by Gasteiger charge is -2.35. The number of benzene rings is 1. The molecule has 1 saturated heterocycles. The second kappa shape index (κ2) is 8.15. The average Bonchev–Trinajstić information content (AvgIpc) is 2.73. The van der Waals surface area contributed by atoms with Crippen molar-refractivity contribution in [1.82, 2.24) is 14.2 Å². The zero-order chi connectivity index (χ0) is 20.3. The Labute approximate surface area is 165 Å². The van der Waals surface area contributed by atoms with Crippen molar-refractivity contribution in [2.24, 2.45) is 0 Å². The van der Waals surface area contributed by atoms with Crippen LogP contribution in [0.5, 0.6) is 5.75 Å². The molecule has 0 saturated carbocycles. The van der Waals surface area contributed by atoms with Crippen molar-refractivity contribution in [3.05, 3.63) is 48.2 Å². The summed E-state index contributed by atoms with van der Waals surface area (Å²) in [5, 5.41) is 0. The SMILES string of the molecule is COc1ccc(C(=O)N2CCN(c3ccccn3)CC2)cc1S(=O)(=O)N(C)C. The molecule has 150 valence electrons. The van der Waals surface area contributed by atoms with E-state index >= 15 is 0 Å². The van der Waals surface area contributed by atoms with Crippen LogP contribution < -0.4 is 9.64 Å². The quantitative estimate of drug-likeness (QED) is 0.747. The monoisotopic (exact) mass is 404 g/mol. The Balaban J connectivity index is 1.78. The lowest BCUT2D eigenvalue weighted by molar-refractivity contribution is 0.0746. The minimum Gasteiger partial charge on any atom is -0.495 e. The van der Waals surface area contributed by atoms with Crippen LogP contribution in [-0.4, -0.2) is 75.9 Å². The van der Waals surface area contributed by atoms with Gasteiger partial charge in [0.25, 0.3) is 5.91 Å². The molecule has 0 radical (unpaired) electrons. The van der Waals surface area contributed by atoms with Gasteiger partial charge in [-0.15, -0.1) is 0 Å². The largest absolute Gasteiger partial charge is 0.495 e. The number of sulfonamides is 1. The number of ether oxygens (including phenoxy) is 1. The second-order valence-corrected chi connectivity index (χ2v) is 8.74. The topological polar surface area (TPSA) is 83.0 Å². The van der Waals surface area contributed by atoms with Gasteiger partial charge in [0.05, 0.1) is 7.11 Å². The molecule has 28 heavy (non-hydrogen) atoms. The van der Waals surface area contributed by atoms with E-state index in [-0.39, 0.29) is 16.6 Å². The van der Waals surface area contributed by atoms with E-state index in [1.54, 1.807) is 17.2 Å². The van der Waals surface area contributed by atoms with E-state index in [0.717, 1.165) is 10.1 Å². The molecule has 9 heteroatoms. The van der Waals surface area contributed by atoms with Crippen molar-refractivity contribution >= 4 is 21.7 Å². The molecule has 1 aliphatic heterocycles. The molecule has 0 spiro atoms. The van der Waals surface area contributed by atoms with Crippen LogP contribution in [0.3, 0.4) is 0 Å². The highest BCUT2D eigenvalue weighted by Gasteiger charge is 2.27. The lowest BCUT2D eigenvalue weighted by atomic mass is 10.1. The minimum atomic E-state index is -3.73. The van der Waals surface area contributed by atoms with Gasteiger partial charge in [0.1, 0.15) is 16.5 Å². The van der Waals surface area contributed by atoms with Crippen molar-refractivity contribution in [2.75, 3.05) is 52.3 Å². The maximum atomic E-state index is 12.9. The number of nitrogens with zero attached hydrogens (tertiary/aromatic N) is 4. The van der Waals surface area contributed by atoms with E-state index in [9.17, 15) is 13.2 Å². The van der Waals surface area contributed by atoms with Crippen molar-refractivity contribution < 1.29 is 17.9 Å². The van der Waals surface area contributed by atoms with Crippen LogP contribution in [0.15, 0.2) is 47.5 Å². The second-order valence-electron chi connectivity index (χ2n) is 6.62. The Bertz CT molecular complexity index is 940. The summed E-state index contributed by atoms with van der Waals surface area (Å²) in [5.41, 5.74) is 0.326. The number of methoxy groups -OCH3 is 1. The predicted molar refractivity (Wildman–Crippen MR) is 106 cm³/mol. The van der Waals surface area contributed by atoms with Crippen molar-refractivity contribution in [3.63, 3.8) is 0 Å². The molecule has 0 N–H and O–H groups in total. The first kappa shape index (κ1) is 20.1. The van der Waals surface area contributed by atoms with E-state index in [1.165, 1.54) is 33.3 Å². The number of amides is 1. The fourth-order valence-corrected chi connectivity index (χ4v) is 4.14. The van der Waals surface area contributed by atoms with Gasteiger partial charge in [0, 0.05) is 52.0 Å². The van der Waals surface area contributed by atoms with Gasteiger partial charge >= 0.3 is 0 Å².